The van der Waals surface area contributed by atoms with E-state index in [1.807, 2.05) is 6.07 Å². The molecule has 1 aliphatic carbocycles. The van der Waals surface area contributed by atoms with Crippen molar-refractivity contribution in [3.8, 4) is 5.69 Å². The largest absolute Gasteiger partial charge is 0.456 e. The maximum absolute atomic E-state index is 7.07. The van der Waals surface area contributed by atoms with E-state index in [0.29, 0.717) is 5.84 Å². The molecule has 0 bridgehead atoms. The Balaban J connectivity index is 1.08. The van der Waals surface area contributed by atoms with Crippen molar-refractivity contribution in [1.29, 1.82) is 0 Å². The van der Waals surface area contributed by atoms with Gasteiger partial charge in [-0.05, 0) is 88.0 Å². The fourth-order valence-corrected chi connectivity index (χ4v) is 10.6. The molecule has 3 aromatic heterocycles. The predicted molar refractivity (Wildman–Crippen MR) is 262 cm³/mol. The molecule has 0 radical (unpaired) electrons. The fraction of sp³-hybridized carbons (Fsp3) is 0.103. The van der Waals surface area contributed by atoms with Crippen LogP contribution in [0.5, 0.6) is 0 Å². The zero-order valence-corrected chi connectivity index (χ0v) is 34.9. The number of benzene rings is 8. The second-order valence-electron chi connectivity index (χ2n) is 17.3. The molecule has 0 amide bonds. The number of aromatic nitrogens is 1. The van der Waals surface area contributed by atoms with E-state index in [-0.39, 0.29) is 17.8 Å². The SMILES string of the molecule is CC1C/C=C(\C2C=Cc3oc4ccccc4c3C2C)N=C(c2ccc(-n3c4cc5ccccc5cc4c4c5ccccc5ccc43)c3oc4ccccc4c23)N=C1c1ccccc1. The molecule has 2 aliphatic rings. The Morgan fingerprint density at radius 2 is 1.27 bits per heavy atom. The van der Waals surface area contributed by atoms with E-state index in [4.69, 9.17) is 18.8 Å². The van der Waals surface area contributed by atoms with Crippen LogP contribution in [0.3, 0.4) is 0 Å². The number of amidine groups is 1. The average molecular weight is 812 g/mol. The van der Waals surface area contributed by atoms with Gasteiger partial charge in [0.2, 0.25) is 0 Å². The Kier molecular flexibility index (Phi) is 7.92. The number of hydrogen-bond donors (Lipinski definition) is 0. The molecule has 63 heavy (non-hydrogen) atoms. The normalized spacial score (nSPS) is 18.8. The maximum atomic E-state index is 7.07. The number of aliphatic imine (C=N–C) groups is 2. The molecule has 5 heteroatoms. The summed E-state index contributed by atoms with van der Waals surface area (Å²) in [5.74, 6) is 1.90. The summed E-state index contributed by atoms with van der Waals surface area (Å²) in [6, 6.07) is 58.4. The molecule has 4 heterocycles. The van der Waals surface area contributed by atoms with Crippen LogP contribution < -0.4 is 0 Å². The summed E-state index contributed by atoms with van der Waals surface area (Å²) in [7, 11) is 0. The van der Waals surface area contributed by atoms with Gasteiger partial charge in [0.15, 0.2) is 11.4 Å². The molecule has 3 atom stereocenters. The molecule has 3 unspecified atom stereocenters. The summed E-state index contributed by atoms with van der Waals surface area (Å²) in [5.41, 5.74) is 11.1. The van der Waals surface area contributed by atoms with Crippen molar-refractivity contribution >= 4 is 93.9 Å². The van der Waals surface area contributed by atoms with E-state index in [9.17, 15) is 0 Å². The number of para-hydroxylation sites is 2. The first-order valence-electron chi connectivity index (χ1n) is 22.0. The van der Waals surface area contributed by atoms with Gasteiger partial charge >= 0.3 is 0 Å². The summed E-state index contributed by atoms with van der Waals surface area (Å²) >= 11 is 0. The minimum Gasteiger partial charge on any atom is -0.456 e. The zero-order valence-electron chi connectivity index (χ0n) is 34.9. The van der Waals surface area contributed by atoms with Gasteiger partial charge in [-0.15, -0.1) is 0 Å². The molecule has 0 saturated heterocycles. The smallest absolute Gasteiger partial charge is 0.160 e. The Morgan fingerprint density at radius 3 is 2.10 bits per heavy atom. The van der Waals surface area contributed by atoms with Crippen molar-refractivity contribution in [1.82, 2.24) is 4.57 Å². The van der Waals surface area contributed by atoms with E-state index < -0.39 is 0 Å². The lowest BCUT2D eigenvalue weighted by atomic mass is 9.79. The standard InChI is InChI=1S/C58H41N3O2/c1-34-24-28-46(40-27-31-52-53(35(40)2)42-20-10-12-22-50(42)62-52)59-58(60-56(34)37-15-4-3-5-16-37)44-26-30-48(57-55(44)43-21-11-13-23-51(43)63-57)61-47-29-25-36-14-8-9-19-41(36)54(47)45-32-38-17-6-7-18-39(38)33-49(45)61/h3-23,25-35,40H,24H2,1-2H3/b46-28+,59-58?,60-56?. The molecular formula is C58H41N3O2. The maximum Gasteiger partial charge on any atom is 0.160 e. The van der Waals surface area contributed by atoms with Gasteiger partial charge in [0.05, 0.1) is 22.4 Å². The minimum absolute atomic E-state index is 0.0206. The highest BCUT2D eigenvalue weighted by Crippen LogP contribution is 2.46. The van der Waals surface area contributed by atoms with Crippen molar-refractivity contribution in [2.24, 2.45) is 21.8 Å². The number of furan rings is 2. The van der Waals surface area contributed by atoms with E-state index in [1.165, 1.54) is 37.9 Å². The lowest BCUT2D eigenvalue weighted by Gasteiger charge is -2.27. The zero-order chi connectivity index (χ0) is 41.8. The number of nitrogens with zero attached hydrogens (tertiary/aromatic N) is 3. The third-order valence-electron chi connectivity index (χ3n) is 13.6. The first-order valence-corrected chi connectivity index (χ1v) is 22.0. The molecule has 1 aliphatic heterocycles. The van der Waals surface area contributed by atoms with Crippen LogP contribution in [-0.2, 0) is 0 Å². The molecular weight excluding hydrogens is 771 g/mol. The Labute approximate surface area is 363 Å². The van der Waals surface area contributed by atoms with Gasteiger partial charge in [0.25, 0.3) is 0 Å². The summed E-state index contributed by atoms with van der Waals surface area (Å²) in [4.78, 5) is 11.3. The predicted octanol–water partition coefficient (Wildman–Crippen LogP) is 15.3. The van der Waals surface area contributed by atoms with Gasteiger partial charge in [-0.25, -0.2) is 9.98 Å². The van der Waals surface area contributed by atoms with E-state index in [0.717, 1.165) is 84.3 Å². The van der Waals surface area contributed by atoms with Crippen molar-refractivity contribution in [3.63, 3.8) is 0 Å². The Hall–Kier alpha value is -7.76. The molecule has 5 nitrogen and oxygen atoms in total. The van der Waals surface area contributed by atoms with E-state index in [1.54, 1.807) is 0 Å². The van der Waals surface area contributed by atoms with Crippen LogP contribution in [-0.4, -0.2) is 16.1 Å². The summed E-state index contributed by atoms with van der Waals surface area (Å²) < 4.78 is 15.8. The number of rotatable bonds is 4. The van der Waals surface area contributed by atoms with Gasteiger partial charge < -0.3 is 13.4 Å². The third kappa shape index (κ3) is 5.49. The lowest BCUT2D eigenvalue weighted by Crippen LogP contribution is -2.20. The topological polar surface area (TPSA) is 55.9 Å². The van der Waals surface area contributed by atoms with Crippen molar-refractivity contribution in [2.45, 2.75) is 26.2 Å². The number of fused-ring (bicyclic) bond motifs is 12. The second kappa shape index (κ2) is 13.9. The fourth-order valence-electron chi connectivity index (χ4n) is 10.6. The Morgan fingerprint density at radius 1 is 0.571 bits per heavy atom. The van der Waals surface area contributed by atoms with E-state index in [2.05, 4.69) is 194 Å². The number of hydrogen-bond acceptors (Lipinski definition) is 4. The summed E-state index contributed by atoms with van der Waals surface area (Å²) in [6.45, 7) is 4.59. The van der Waals surface area contributed by atoms with Crippen molar-refractivity contribution < 1.29 is 8.83 Å². The molecule has 11 aromatic rings. The van der Waals surface area contributed by atoms with Crippen LogP contribution in [0.15, 0.2) is 200 Å². The third-order valence-corrected chi connectivity index (χ3v) is 13.6. The summed E-state index contributed by atoms with van der Waals surface area (Å²) in [6.07, 6.45) is 7.59. The molecule has 0 spiro atoms. The first kappa shape index (κ1) is 35.9. The molecule has 0 N–H and O–H groups in total. The van der Waals surface area contributed by atoms with Gasteiger partial charge in [-0.2, -0.15) is 0 Å². The summed E-state index contributed by atoms with van der Waals surface area (Å²) in [5, 5.41) is 10.5. The van der Waals surface area contributed by atoms with Crippen LogP contribution >= 0.6 is 0 Å². The number of allylic oxidation sites excluding steroid dienone is 2. The van der Waals surface area contributed by atoms with Crippen molar-refractivity contribution in [3.05, 3.63) is 204 Å². The molecule has 8 aromatic carbocycles. The molecule has 300 valence electrons. The highest BCUT2D eigenvalue weighted by Gasteiger charge is 2.32. The van der Waals surface area contributed by atoms with Crippen LogP contribution in [0, 0.1) is 11.8 Å². The molecule has 0 fully saturated rings. The highest BCUT2D eigenvalue weighted by atomic mass is 16.3. The molecule has 13 rings (SSSR count). The first-order chi connectivity index (χ1) is 31.1. The average Bonchev–Trinajstić information content (AvgIpc) is 4.00. The monoisotopic (exact) mass is 811 g/mol. The quantitative estimate of drug-likeness (QED) is 0.178. The highest BCUT2D eigenvalue weighted by molar-refractivity contribution is 6.26. The lowest BCUT2D eigenvalue weighted by molar-refractivity contribution is 0.552. The van der Waals surface area contributed by atoms with Crippen LogP contribution in [0.1, 0.15) is 48.6 Å². The second-order valence-corrected chi connectivity index (χ2v) is 17.3. The minimum atomic E-state index is 0.0206. The van der Waals surface area contributed by atoms with Crippen LogP contribution in [0.25, 0.3) is 88.0 Å². The van der Waals surface area contributed by atoms with Gasteiger partial charge in [0, 0.05) is 55.6 Å². The van der Waals surface area contributed by atoms with Crippen molar-refractivity contribution in [2.75, 3.05) is 0 Å². The van der Waals surface area contributed by atoms with Gasteiger partial charge in [-0.3, -0.25) is 0 Å². The van der Waals surface area contributed by atoms with Gasteiger partial charge in [-0.1, -0.05) is 147 Å². The van der Waals surface area contributed by atoms with Crippen LogP contribution in [0.2, 0.25) is 0 Å². The van der Waals surface area contributed by atoms with Crippen LogP contribution in [0.4, 0.5) is 0 Å². The molecule has 0 saturated carbocycles. The van der Waals surface area contributed by atoms with Gasteiger partial charge in [0.1, 0.15) is 16.9 Å². The Bertz CT molecular complexity index is 3820. The van der Waals surface area contributed by atoms with E-state index >= 15 is 0 Å².